The molecule has 5 atom stereocenters. The average molecular weight is 284 g/mol. The Balaban J connectivity index is 1.92. The number of carbonyl (C=O) groups excluding carboxylic acids is 1. The molecule has 1 amide bonds. The highest BCUT2D eigenvalue weighted by atomic mass is 16.6. The molecule has 1 aliphatic heterocycles. The topological polar surface area (TPSA) is 59.6 Å². The predicted octanol–water partition coefficient (Wildman–Crippen LogP) is 2.06. The van der Waals surface area contributed by atoms with Crippen LogP contribution in [0.1, 0.15) is 47.5 Å². The van der Waals surface area contributed by atoms with Gasteiger partial charge in [0.05, 0.1) is 18.2 Å². The van der Waals surface area contributed by atoms with Gasteiger partial charge in [0.25, 0.3) is 0 Å². The molecule has 0 aromatic heterocycles. The van der Waals surface area contributed by atoms with Crippen LogP contribution in [0.15, 0.2) is 0 Å². The first-order valence-electron chi connectivity index (χ1n) is 7.69. The molecule has 5 unspecified atom stereocenters. The van der Waals surface area contributed by atoms with Crippen molar-refractivity contribution in [3.05, 3.63) is 0 Å². The molecule has 0 aromatic rings. The van der Waals surface area contributed by atoms with Crippen LogP contribution in [-0.2, 0) is 9.47 Å². The zero-order chi connectivity index (χ0) is 14.9. The fourth-order valence-corrected chi connectivity index (χ4v) is 2.99. The van der Waals surface area contributed by atoms with Gasteiger partial charge in [-0.05, 0) is 40.5 Å². The second-order valence-corrected chi connectivity index (χ2v) is 6.96. The van der Waals surface area contributed by atoms with Crippen molar-refractivity contribution in [1.82, 2.24) is 10.6 Å². The van der Waals surface area contributed by atoms with E-state index < -0.39 is 5.60 Å². The number of rotatable bonds is 4. The van der Waals surface area contributed by atoms with Crippen molar-refractivity contribution < 1.29 is 14.3 Å². The average Bonchev–Trinajstić information content (AvgIpc) is 2.75. The van der Waals surface area contributed by atoms with Crippen LogP contribution in [0.3, 0.4) is 0 Å². The highest BCUT2D eigenvalue weighted by Crippen LogP contribution is 2.39. The van der Waals surface area contributed by atoms with Gasteiger partial charge in [0.1, 0.15) is 5.60 Å². The summed E-state index contributed by atoms with van der Waals surface area (Å²) in [5.74, 6) is 0.420. The maximum atomic E-state index is 11.9. The summed E-state index contributed by atoms with van der Waals surface area (Å²) >= 11 is 0. The SMILES string of the molecule is CCC(C)NC1C(NC(=O)OC(C)(C)C)C2CCOC21. The predicted molar refractivity (Wildman–Crippen MR) is 77.7 cm³/mol. The van der Waals surface area contributed by atoms with Crippen molar-refractivity contribution in [2.75, 3.05) is 6.61 Å². The molecule has 1 aliphatic carbocycles. The molecule has 5 nitrogen and oxygen atoms in total. The van der Waals surface area contributed by atoms with Crippen LogP contribution in [0.4, 0.5) is 4.79 Å². The molecule has 2 fully saturated rings. The molecule has 1 heterocycles. The number of ether oxygens (including phenoxy) is 2. The van der Waals surface area contributed by atoms with E-state index in [1.165, 1.54) is 0 Å². The van der Waals surface area contributed by atoms with E-state index in [1.54, 1.807) is 0 Å². The first-order chi connectivity index (χ1) is 9.31. The maximum Gasteiger partial charge on any atom is 0.407 e. The Morgan fingerprint density at radius 1 is 1.40 bits per heavy atom. The quantitative estimate of drug-likeness (QED) is 0.829. The van der Waals surface area contributed by atoms with Crippen LogP contribution in [0.25, 0.3) is 0 Å². The van der Waals surface area contributed by atoms with Crippen LogP contribution in [0, 0.1) is 5.92 Å². The Hall–Kier alpha value is -0.810. The van der Waals surface area contributed by atoms with Crippen molar-refractivity contribution in [3.63, 3.8) is 0 Å². The van der Waals surface area contributed by atoms with Gasteiger partial charge in [-0.1, -0.05) is 6.92 Å². The lowest BCUT2D eigenvalue weighted by atomic mass is 9.71. The molecule has 116 valence electrons. The highest BCUT2D eigenvalue weighted by molar-refractivity contribution is 5.68. The largest absolute Gasteiger partial charge is 0.444 e. The molecule has 0 spiro atoms. The Labute approximate surface area is 121 Å². The Morgan fingerprint density at radius 3 is 2.70 bits per heavy atom. The molecule has 2 aliphatic rings. The first kappa shape index (κ1) is 15.6. The smallest absolute Gasteiger partial charge is 0.407 e. The van der Waals surface area contributed by atoms with Gasteiger partial charge < -0.3 is 20.1 Å². The summed E-state index contributed by atoms with van der Waals surface area (Å²) in [5.41, 5.74) is -0.459. The maximum absolute atomic E-state index is 11.9. The number of hydrogen-bond acceptors (Lipinski definition) is 4. The van der Waals surface area contributed by atoms with Gasteiger partial charge in [0.15, 0.2) is 0 Å². The van der Waals surface area contributed by atoms with Gasteiger partial charge in [-0.15, -0.1) is 0 Å². The normalized spacial score (nSPS) is 34.0. The lowest BCUT2D eigenvalue weighted by molar-refractivity contribution is -0.0371. The highest BCUT2D eigenvalue weighted by Gasteiger charge is 2.54. The zero-order valence-corrected chi connectivity index (χ0v) is 13.2. The van der Waals surface area contributed by atoms with Crippen molar-refractivity contribution in [2.45, 2.75) is 77.3 Å². The molecule has 1 saturated carbocycles. The van der Waals surface area contributed by atoms with Crippen LogP contribution >= 0.6 is 0 Å². The summed E-state index contributed by atoms with van der Waals surface area (Å²) in [4.78, 5) is 11.9. The Morgan fingerprint density at radius 2 is 2.10 bits per heavy atom. The summed E-state index contributed by atoms with van der Waals surface area (Å²) in [6.45, 7) is 10.7. The fraction of sp³-hybridized carbons (Fsp3) is 0.933. The molecular weight excluding hydrogens is 256 g/mol. The third-order valence-corrected chi connectivity index (χ3v) is 4.16. The van der Waals surface area contributed by atoms with Gasteiger partial charge in [0.2, 0.25) is 0 Å². The zero-order valence-electron chi connectivity index (χ0n) is 13.2. The van der Waals surface area contributed by atoms with Crippen LogP contribution in [-0.4, -0.2) is 42.5 Å². The first-order valence-corrected chi connectivity index (χ1v) is 7.69. The minimum absolute atomic E-state index is 0.117. The molecular formula is C15H28N2O3. The summed E-state index contributed by atoms with van der Waals surface area (Å²) in [6, 6.07) is 0.740. The number of nitrogens with one attached hydrogen (secondary N) is 2. The minimum atomic E-state index is -0.459. The Bertz CT molecular complexity index is 354. The Kier molecular flexibility index (Phi) is 4.59. The minimum Gasteiger partial charge on any atom is -0.444 e. The molecule has 2 rings (SSSR count). The number of amides is 1. The summed E-state index contributed by atoms with van der Waals surface area (Å²) in [6.07, 6.45) is 1.99. The fourth-order valence-electron chi connectivity index (χ4n) is 2.99. The van der Waals surface area contributed by atoms with Crippen molar-refractivity contribution in [1.29, 1.82) is 0 Å². The van der Waals surface area contributed by atoms with Gasteiger partial charge in [0, 0.05) is 18.6 Å². The second-order valence-electron chi connectivity index (χ2n) is 6.96. The summed E-state index contributed by atoms with van der Waals surface area (Å²) in [7, 11) is 0. The lowest BCUT2D eigenvalue weighted by Gasteiger charge is -2.49. The number of alkyl carbamates (subject to hydrolysis) is 1. The van der Waals surface area contributed by atoms with E-state index in [0.717, 1.165) is 19.4 Å². The van der Waals surface area contributed by atoms with Gasteiger partial charge in [-0.25, -0.2) is 4.79 Å². The molecule has 0 radical (unpaired) electrons. The second kappa shape index (κ2) is 5.90. The summed E-state index contributed by atoms with van der Waals surface area (Å²) in [5, 5.41) is 6.58. The van der Waals surface area contributed by atoms with E-state index in [4.69, 9.17) is 9.47 Å². The number of hydrogen-bond donors (Lipinski definition) is 2. The lowest BCUT2D eigenvalue weighted by Crippen LogP contribution is -2.71. The van der Waals surface area contributed by atoms with Crippen LogP contribution in [0.2, 0.25) is 0 Å². The standard InChI is InChI=1S/C15H28N2O3/c1-6-9(2)16-12-11(10-7-8-19-13(10)12)17-14(18)20-15(3,4)5/h9-13,16H,6-8H2,1-5H3,(H,17,18). The molecule has 0 bridgehead atoms. The molecule has 5 heteroatoms. The van der Waals surface area contributed by atoms with Gasteiger partial charge in [-0.2, -0.15) is 0 Å². The van der Waals surface area contributed by atoms with Crippen LogP contribution in [0.5, 0.6) is 0 Å². The van der Waals surface area contributed by atoms with E-state index in [2.05, 4.69) is 24.5 Å². The summed E-state index contributed by atoms with van der Waals surface area (Å²) < 4.78 is 11.1. The number of carbonyl (C=O) groups is 1. The third-order valence-electron chi connectivity index (χ3n) is 4.16. The van der Waals surface area contributed by atoms with Crippen LogP contribution < -0.4 is 10.6 Å². The third kappa shape index (κ3) is 3.44. The van der Waals surface area contributed by atoms with Crippen molar-refractivity contribution in [2.24, 2.45) is 5.92 Å². The van der Waals surface area contributed by atoms with E-state index in [0.29, 0.717) is 12.0 Å². The van der Waals surface area contributed by atoms with E-state index >= 15 is 0 Å². The monoisotopic (exact) mass is 284 g/mol. The van der Waals surface area contributed by atoms with Gasteiger partial charge in [-0.3, -0.25) is 0 Å². The van der Waals surface area contributed by atoms with Crippen molar-refractivity contribution >= 4 is 6.09 Å². The van der Waals surface area contributed by atoms with E-state index in [-0.39, 0.29) is 24.3 Å². The van der Waals surface area contributed by atoms with E-state index in [1.807, 2.05) is 20.8 Å². The van der Waals surface area contributed by atoms with Crippen molar-refractivity contribution in [3.8, 4) is 0 Å². The molecule has 20 heavy (non-hydrogen) atoms. The number of fused-ring (bicyclic) bond motifs is 1. The van der Waals surface area contributed by atoms with Gasteiger partial charge >= 0.3 is 6.09 Å². The molecule has 0 aromatic carbocycles. The molecule has 1 saturated heterocycles. The van der Waals surface area contributed by atoms with E-state index in [9.17, 15) is 4.79 Å². The molecule has 2 N–H and O–H groups in total.